The van der Waals surface area contributed by atoms with E-state index < -0.39 is 6.10 Å². The number of ether oxygens (including phenoxy) is 1. The smallest absolute Gasteiger partial charge is 0.134 e. The first-order chi connectivity index (χ1) is 15.7. The van der Waals surface area contributed by atoms with Gasteiger partial charge in [-0.25, -0.2) is 4.98 Å². The Hall–Kier alpha value is -2.28. The van der Waals surface area contributed by atoms with Crippen molar-refractivity contribution in [2.45, 2.75) is 18.8 Å². The Bertz CT molecular complexity index is 910. The summed E-state index contributed by atoms with van der Waals surface area (Å²) >= 11 is 6.06. The molecule has 1 atom stereocenters. The third kappa shape index (κ3) is 6.15. The first kappa shape index (κ1) is 22.9. The number of aromatic nitrogens is 1. The zero-order chi connectivity index (χ0) is 22.2. The second kappa shape index (κ2) is 11.5. The monoisotopic (exact) mass is 451 g/mol. The maximum Gasteiger partial charge on any atom is 0.134 e. The minimum Gasteiger partial charge on any atom is -0.389 e. The second-order valence-corrected chi connectivity index (χ2v) is 8.54. The molecule has 2 heterocycles. The van der Waals surface area contributed by atoms with E-state index in [-0.39, 0.29) is 12.6 Å². The fourth-order valence-corrected chi connectivity index (χ4v) is 4.45. The van der Waals surface area contributed by atoms with Gasteiger partial charge in [0.15, 0.2) is 0 Å². The summed E-state index contributed by atoms with van der Waals surface area (Å²) in [6.45, 7) is 4.98. The molecule has 0 saturated carbocycles. The molecular weight excluding hydrogens is 422 g/mol. The molecular formula is C26H30ClN3O2. The lowest BCUT2D eigenvalue weighted by Crippen LogP contribution is -2.50. The molecule has 32 heavy (non-hydrogen) atoms. The molecule has 1 unspecified atom stereocenters. The van der Waals surface area contributed by atoms with Gasteiger partial charge in [0.2, 0.25) is 0 Å². The highest BCUT2D eigenvalue weighted by Gasteiger charge is 2.27. The molecule has 1 saturated heterocycles. The molecule has 1 aromatic heterocycles. The first-order valence-electron chi connectivity index (χ1n) is 11.1. The van der Waals surface area contributed by atoms with E-state index in [0.29, 0.717) is 18.3 Å². The number of rotatable bonds is 9. The van der Waals surface area contributed by atoms with E-state index in [1.807, 2.05) is 12.1 Å². The number of pyridine rings is 1. The van der Waals surface area contributed by atoms with Gasteiger partial charge in [0, 0.05) is 44.5 Å². The summed E-state index contributed by atoms with van der Waals surface area (Å²) in [6, 6.07) is 25.4. The Morgan fingerprint density at radius 2 is 1.50 bits per heavy atom. The van der Waals surface area contributed by atoms with Crippen LogP contribution in [0.4, 0.5) is 0 Å². The standard InChI is InChI=1S/C26H30ClN3O2/c27-26-23(12-7-13-28-26)19-32-20-24(31)18-29-14-16-30(17-15-29)25(21-8-3-1-4-9-21)22-10-5-2-6-11-22/h1-13,24-25,31H,14-20H2. The fourth-order valence-electron chi connectivity index (χ4n) is 4.27. The van der Waals surface area contributed by atoms with E-state index in [4.69, 9.17) is 16.3 Å². The third-order valence-corrected chi connectivity index (χ3v) is 6.22. The van der Waals surface area contributed by atoms with E-state index in [0.717, 1.165) is 31.7 Å². The van der Waals surface area contributed by atoms with Gasteiger partial charge in [-0.2, -0.15) is 0 Å². The Morgan fingerprint density at radius 1 is 0.875 bits per heavy atom. The molecule has 4 rings (SSSR count). The highest BCUT2D eigenvalue weighted by molar-refractivity contribution is 6.30. The van der Waals surface area contributed by atoms with Crippen molar-refractivity contribution in [3.05, 3.63) is 101 Å². The van der Waals surface area contributed by atoms with Crippen LogP contribution in [0.1, 0.15) is 22.7 Å². The van der Waals surface area contributed by atoms with E-state index in [1.54, 1.807) is 6.20 Å². The van der Waals surface area contributed by atoms with Crippen LogP contribution in [0.25, 0.3) is 0 Å². The van der Waals surface area contributed by atoms with Crippen molar-refractivity contribution in [3.8, 4) is 0 Å². The Morgan fingerprint density at radius 3 is 2.09 bits per heavy atom. The molecule has 3 aromatic rings. The van der Waals surface area contributed by atoms with E-state index >= 15 is 0 Å². The van der Waals surface area contributed by atoms with Crippen molar-refractivity contribution >= 4 is 11.6 Å². The molecule has 0 spiro atoms. The lowest BCUT2D eigenvalue weighted by molar-refractivity contribution is -0.000747. The molecule has 1 aliphatic heterocycles. The lowest BCUT2D eigenvalue weighted by atomic mass is 9.96. The van der Waals surface area contributed by atoms with Gasteiger partial charge in [0.1, 0.15) is 5.15 Å². The van der Waals surface area contributed by atoms with Crippen LogP contribution in [0.3, 0.4) is 0 Å². The number of piperazine rings is 1. The highest BCUT2D eigenvalue weighted by Crippen LogP contribution is 2.29. The molecule has 0 amide bonds. The van der Waals surface area contributed by atoms with Gasteiger partial charge < -0.3 is 9.84 Å². The lowest BCUT2D eigenvalue weighted by Gasteiger charge is -2.40. The fraction of sp³-hybridized carbons (Fsp3) is 0.346. The summed E-state index contributed by atoms with van der Waals surface area (Å²) in [4.78, 5) is 8.90. The van der Waals surface area contributed by atoms with Gasteiger partial charge in [-0.05, 0) is 17.2 Å². The van der Waals surface area contributed by atoms with Crippen molar-refractivity contribution in [3.63, 3.8) is 0 Å². The Labute approximate surface area is 195 Å². The van der Waals surface area contributed by atoms with Crippen LogP contribution in [0.2, 0.25) is 5.15 Å². The van der Waals surface area contributed by atoms with Gasteiger partial charge in [-0.1, -0.05) is 78.3 Å². The SMILES string of the molecule is OC(COCc1cccnc1Cl)CN1CCN(C(c2ccccc2)c2ccccc2)CC1. The summed E-state index contributed by atoms with van der Waals surface area (Å²) in [7, 11) is 0. The van der Waals surface area contributed by atoms with Crippen LogP contribution >= 0.6 is 11.6 Å². The van der Waals surface area contributed by atoms with Crippen LogP contribution in [0.15, 0.2) is 79.0 Å². The molecule has 0 bridgehead atoms. The minimum atomic E-state index is -0.531. The molecule has 0 aliphatic carbocycles. The predicted octanol–water partition coefficient (Wildman–Crippen LogP) is 4.02. The first-order valence-corrected chi connectivity index (χ1v) is 11.5. The molecule has 168 valence electrons. The second-order valence-electron chi connectivity index (χ2n) is 8.18. The average molecular weight is 452 g/mol. The summed E-state index contributed by atoms with van der Waals surface area (Å²) in [5.41, 5.74) is 3.46. The number of aliphatic hydroxyl groups is 1. The Balaban J connectivity index is 1.28. The van der Waals surface area contributed by atoms with Crippen molar-refractivity contribution in [2.24, 2.45) is 0 Å². The molecule has 1 aliphatic rings. The molecule has 1 N–H and O–H groups in total. The van der Waals surface area contributed by atoms with Gasteiger partial charge in [0.05, 0.1) is 25.4 Å². The van der Waals surface area contributed by atoms with Crippen LogP contribution < -0.4 is 0 Å². The number of halogens is 1. The number of benzene rings is 2. The van der Waals surface area contributed by atoms with Crippen molar-refractivity contribution in [2.75, 3.05) is 39.3 Å². The molecule has 1 fully saturated rings. The Kier molecular flexibility index (Phi) is 8.26. The van der Waals surface area contributed by atoms with Gasteiger partial charge in [0.25, 0.3) is 0 Å². The van der Waals surface area contributed by atoms with Crippen LogP contribution in [-0.2, 0) is 11.3 Å². The van der Waals surface area contributed by atoms with Gasteiger partial charge in [-0.15, -0.1) is 0 Å². The summed E-state index contributed by atoms with van der Waals surface area (Å²) in [5.74, 6) is 0. The summed E-state index contributed by atoms with van der Waals surface area (Å²) in [5, 5.41) is 10.9. The van der Waals surface area contributed by atoms with E-state index in [1.165, 1.54) is 11.1 Å². The predicted molar refractivity (Wildman–Crippen MR) is 128 cm³/mol. The number of nitrogens with zero attached hydrogens (tertiary/aromatic N) is 3. The van der Waals surface area contributed by atoms with Crippen LogP contribution in [-0.4, -0.2) is 65.3 Å². The normalized spacial score (nSPS) is 16.3. The van der Waals surface area contributed by atoms with Gasteiger partial charge >= 0.3 is 0 Å². The van der Waals surface area contributed by atoms with Crippen LogP contribution in [0.5, 0.6) is 0 Å². The van der Waals surface area contributed by atoms with Gasteiger partial charge in [-0.3, -0.25) is 9.80 Å². The number of β-amino-alcohol motifs (C(OH)–C–C–N with tert-alkyl or cyclic N) is 1. The highest BCUT2D eigenvalue weighted by atomic mass is 35.5. The van der Waals surface area contributed by atoms with Crippen molar-refractivity contribution < 1.29 is 9.84 Å². The largest absolute Gasteiger partial charge is 0.389 e. The summed E-state index contributed by atoms with van der Waals surface area (Å²) in [6.07, 6.45) is 1.12. The maximum atomic E-state index is 10.5. The molecule has 2 aromatic carbocycles. The van der Waals surface area contributed by atoms with Crippen LogP contribution in [0, 0.1) is 0 Å². The third-order valence-electron chi connectivity index (χ3n) is 5.88. The van der Waals surface area contributed by atoms with E-state index in [9.17, 15) is 5.11 Å². The minimum absolute atomic E-state index is 0.247. The topological polar surface area (TPSA) is 48.8 Å². The zero-order valence-corrected chi connectivity index (χ0v) is 18.9. The quantitative estimate of drug-likeness (QED) is 0.498. The molecule has 0 radical (unpaired) electrons. The maximum absolute atomic E-state index is 10.5. The number of hydrogen-bond acceptors (Lipinski definition) is 5. The summed E-state index contributed by atoms with van der Waals surface area (Å²) < 4.78 is 5.67. The zero-order valence-electron chi connectivity index (χ0n) is 18.2. The average Bonchev–Trinajstić information content (AvgIpc) is 2.83. The van der Waals surface area contributed by atoms with E-state index in [2.05, 4.69) is 75.4 Å². The molecule has 6 heteroatoms. The van der Waals surface area contributed by atoms with Crippen molar-refractivity contribution in [1.82, 2.24) is 14.8 Å². The van der Waals surface area contributed by atoms with Crippen molar-refractivity contribution in [1.29, 1.82) is 0 Å². The number of aliphatic hydroxyl groups excluding tert-OH is 1. The number of hydrogen-bond donors (Lipinski definition) is 1. The molecule has 5 nitrogen and oxygen atoms in total.